The van der Waals surface area contributed by atoms with Crippen LogP contribution in [0.4, 0.5) is 5.69 Å². The van der Waals surface area contributed by atoms with Crippen LogP contribution in [0.15, 0.2) is 18.2 Å². The maximum Gasteiger partial charge on any atom is 0.266 e. The van der Waals surface area contributed by atoms with Gasteiger partial charge in [-0.05, 0) is 24.6 Å². The molecule has 1 atom stereocenters. The van der Waals surface area contributed by atoms with Crippen molar-refractivity contribution in [2.24, 2.45) is 0 Å². The predicted molar refractivity (Wildman–Crippen MR) is 80.5 cm³/mol. The molecular formula is C15H19N3O4. The molecular weight excluding hydrogens is 286 g/mol. The van der Waals surface area contributed by atoms with Crippen molar-refractivity contribution in [1.82, 2.24) is 10.2 Å². The first-order chi connectivity index (χ1) is 10.4. The van der Waals surface area contributed by atoms with Crippen LogP contribution in [0.25, 0.3) is 0 Å². The fourth-order valence-corrected chi connectivity index (χ4v) is 1.97. The fraction of sp³-hybridized carbons (Fsp3) is 0.400. The number of rotatable bonds is 4. The molecule has 0 radical (unpaired) electrons. The van der Waals surface area contributed by atoms with Gasteiger partial charge in [-0.1, -0.05) is 6.07 Å². The Balaban J connectivity index is 1.93. The molecule has 1 aromatic rings. The summed E-state index contributed by atoms with van der Waals surface area (Å²) >= 11 is 0. The Morgan fingerprint density at radius 3 is 2.77 bits per heavy atom. The van der Waals surface area contributed by atoms with Crippen LogP contribution in [0.3, 0.4) is 0 Å². The zero-order valence-corrected chi connectivity index (χ0v) is 12.8. The van der Waals surface area contributed by atoms with Crippen molar-refractivity contribution in [2.75, 3.05) is 26.0 Å². The molecule has 7 heteroatoms. The van der Waals surface area contributed by atoms with Crippen LogP contribution in [0.2, 0.25) is 0 Å². The SMILES string of the molecule is Cc1ccc2c(c1)NC(=O)C(CC(=O)NCC(=O)N(C)C)O2. The first kappa shape index (κ1) is 15.8. The highest BCUT2D eigenvalue weighted by Gasteiger charge is 2.29. The van der Waals surface area contributed by atoms with Crippen LogP contribution in [-0.4, -0.2) is 49.4 Å². The van der Waals surface area contributed by atoms with Crippen LogP contribution in [0.5, 0.6) is 5.75 Å². The number of nitrogens with zero attached hydrogens (tertiary/aromatic N) is 1. The average Bonchev–Trinajstić information content (AvgIpc) is 2.45. The van der Waals surface area contributed by atoms with Gasteiger partial charge in [0.05, 0.1) is 18.7 Å². The van der Waals surface area contributed by atoms with Crippen molar-refractivity contribution in [1.29, 1.82) is 0 Å². The number of carbonyl (C=O) groups is 3. The molecule has 0 aromatic heterocycles. The summed E-state index contributed by atoms with van der Waals surface area (Å²) in [4.78, 5) is 36.5. The van der Waals surface area contributed by atoms with Crippen molar-refractivity contribution in [3.8, 4) is 5.75 Å². The minimum absolute atomic E-state index is 0.101. The number of benzene rings is 1. The smallest absolute Gasteiger partial charge is 0.266 e. The molecule has 2 rings (SSSR count). The van der Waals surface area contributed by atoms with Gasteiger partial charge in [0.15, 0.2) is 6.10 Å². The Hall–Kier alpha value is -2.57. The van der Waals surface area contributed by atoms with E-state index in [1.807, 2.05) is 13.0 Å². The summed E-state index contributed by atoms with van der Waals surface area (Å²) in [5, 5.41) is 5.19. The maximum absolute atomic E-state index is 12.0. The number of hydrogen-bond acceptors (Lipinski definition) is 4. The highest BCUT2D eigenvalue weighted by atomic mass is 16.5. The molecule has 0 saturated carbocycles. The van der Waals surface area contributed by atoms with Crippen LogP contribution < -0.4 is 15.4 Å². The van der Waals surface area contributed by atoms with Gasteiger partial charge in [0.1, 0.15) is 5.75 Å². The molecule has 1 aromatic carbocycles. The maximum atomic E-state index is 12.0. The van der Waals surface area contributed by atoms with Gasteiger partial charge in [0.25, 0.3) is 5.91 Å². The zero-order chi connectivity index (χ0) is 16.3. The number of hydrogen-bond donors (Lipinski definition) is 2. The van der Waals surface area contributed by atoms with Gasteiger partial charge in [-0.3, -0.25) is 14.4 Å². The lowest BCUT2D eigenvalue weighted by molar-refractivity contribution is -0.133. The first-order valence-corrected chi connectivity index (χ1v) is 6.92. The molecule has 1 aliphatic heterocycles. The lowest BCUT2D eigenvalue weighted by Crippen LogP contribution is -2.43. The topological polar surface area (TPSA) is 87.7 Å². The van der Waals surface area contributed by atoms with Gasteiger partial charge in [-0.15, -0.1) is 0 Å². The third-order valence-corrected chi connectivity index (χ3v) is 3.26. The molecule has 3 amide bonds. The van der Waals surface area contributed by atoms with Crippen LogP contribution in [0, 0.1) is 6.92 Å². The van der Waals surface area contributed by atoms with Crippen molar-refractivity contribution in [3.05, 3.63) is 23.8 Å². The van der Waals surface area contributed by atoms with E-state index in [0.29, 0.717) is 11.4 Å². The molecule has 22 heavy (non-hydrogen) atoms. The fourth-order valence-electron chi connectivity index (χ4n) is 1.97. The number of anilines is 1. The molecule has 0 bridgehead atoms. The normalized spacial score (nSPS) is 16.1. The van der Waals surface area contributed by atoms with E-state index in [1.54, 1.807) is 26.2 Å². The quantitative estimate of drug-likeness (QED) is 0.837. The number of carbonyl (C=O) groups excluding carboxylic acids is 3. The zero-order valence-electron chi connectivity index (χ0n) is 12.8. The van der Waals surface area contributed by atoms with Crippen molar-refractivity contribution >= 4 is 23.4 Å². The van der Waals surface area contributed by atoms with Crippen LogP contribution >= 0.6 is 0 Å². The predicted octanol–water partition coefficient (Wildman–Crippen LogP) is 0.289. The molecule has 0 aliphatic carbocycles. The Morgan fingerprint density at radius 2 is 2.09 bits per heavy atom. The summed E-state index contributed by atoms with van der Waals surface area (Å²) in [5.41, 5.74) is 1.60. The third-order valence-electron chi connectivity index (χ3n) is 3.26. The minimum atomic E-state index is -0.898. The third kappa shape index (κ3) is 3.75. The summed E-state index contributed by atoms with van der Waals surface area (Å²) in [7, 11) is 3.20. The number of aryl methyl sites for hydroxylation is 1. The van der Waals surface area contributed by atoms with Gasteiger partial charge in [0.2, 0.25) is 11.8 Å². The van der Waals surface area contributed by atoms with Gasteiger partial charge in [-0.2, -0.15) is 0 Å². The molecule has 0 spiro atoms. The van der Waals surface area contributed by atoms with E-state index >= 15 is 0 Å². The van der Waals surface area contributed by atoms with E-state index in [1.165, 1.54) is 4.90 Å². The summed E-state index contributed by atoms with van der Waals surface area (Å²) < 4.78 is 5.56. The van der Waals surface area contributed by atoms with Crippen molar-refractivity contribution in [3.63, 3.8) is 0 Å². The summed E-state index contributed by atoms with van der Waals surface area (Å²) in [6, 6.07) is 5.42. The van der Waals surface area contributed by atoms with E-state index in [9.17, 15) is 14.4 Å². The van der Waals surface area contributed by atoms with Gasteiger partial charge >= 0.3 is 0 Å². The highest BCUT2D eigenvalue weighted by molar-refractivity contribution is 6.00. The summed E-state index contributed by atoms with van der Waals surface area (Å²) in [6.45, 7) is 1.81. The number of likely N-dealkylation sites (N-methyl/N-ethyl adjacent to an activating group) is 1. The Bertz CT molecular complexity index is 613. The molecule has 2 N–H and O–H groups in total. The van der Waals surface area contributed by atoms with E-state index in [4.69, 9.17) is 4.74 Å². The molecule has 1 heterocycles. The van der Waals surface area contributed by atoms with E-state index in [0.717, 1.165) is 5.56 Å². The number of nitrogens with one attached hydrogen (secondary N) is 2. The largest absolute Gasteiger partial charge is 0.478 e. The first-order valence-electron chi connectivity index (χ1n) is 6.92. The van der Waals surface area contributed by atoms with Crippen molar-refractivity contribution < 1.29 is 19.1 Å². The van der Waals surface area contributed by atoms with E-state index < -0.39 is 12.0 Å². The van der Waals surface area contributed by atoms with Gasteiger partial charge < -0.3 is 20.3 Å². The van der Waals surface area contributed by atoms with Gasteiger partial charge in [-0.25, -0.2) is 0 Å². The number of ether oxygens (including phenoxy) is 1. The second-order valence-corrected chi connectivity index (χ2v) is 5.36. The molecule has 118 valence electrons. The average molecular weight is 305 g/mol. The Morgan fingerprint density at radius 1 is 1.36 bits per heavy atom. The van der Waals surface area contributed by atoms with Gasteiger partial charge in [0, 0.05) is 14.1 Å². The minimum Gasteiger partial charge on any atom is -0.478 e. The molecule has 7 nitrogen and oxygen atoms in total. The second-order valence-electron chi connectivity index (χ2n) is 5.36. The summed E-state index contributed by atoms with van der Waals surface area (Å²) in [5.74, 6) is -0.464. The molecule has 1 aliphatic rings. The lowest BCUT2D eigenvalue weighted by Gasteiger charge is -2.25. The molecule has 1 unspecified atom stereocenters. The molecule has 0 saturated heterocycles. The lowest BCUT2D eigenvalue weighted by atomic mass is 10.1. The monoisotopic (exact) mass is 305 g/mol. The Kier molecular flexibility index (Phi) is 4.65. The number of fused-ring (bicyclic) bond motifs is 1. The van der Waals surface area contributed by atoms with Crippen LogP contribution in [-0.2, 0) is 14.4 Å². The van der Waals surface area contributed by atoms with Crippen LogP contribution in [0.1, 0.15) is 12.0 Å². The molecule has 0 fully saturated rings. The van der Waals surface area contributed by atoms with E-state index in [2.05, 4.69) is 10.6 Å². The van der Waals surface area contributed by atoms with E-state index in [-0.39, 0.29) is 24.8 Å². The van der Waals surface area contributed by atoms with Crippen molar-refractivity contribution in [2.45, 2.75) is 19.4 Å². The standard InChI is InChI=1S/C15H19N3O4/c1-9-4-5-11-10(6-9)17-15(21)12(22-11)7-13(19)16-8-14(20)18(2)3/h4-6,12H,7-8H2,1-3H3,(H,16,19)(H,17,21). The number of amides is 3. The Labute approximate surface area is 128 Å². The summed E-state index contributed by atoms with van der Waals surface area (Å²) in [6.07, 6.45) is -1.04. The second kappa shape index (κ2) is 6.46. The highest BCUT2D eigenvalue weighted by Crippen LogP contribution is 2.30.